The molecule has 4 aromatic rings. The molecular formula is C59H76F2N14O9S. The lowest BCUT2D eigenvalue weighted by Crippen LogP contribution is -2.58. The number of ether oxygens (including phenoxy) is 4. The van der Waals surface area contributed by atoms with Gasteiger partial charge in [0.1, 0.15) is 29.8 Å². The van der Waals surface area contributed by atoms with Crippen molar-refractivity contribution in [2.45, 2.75) is 95.2 Å². The Labute approximate surface area is 497 Å². The van der Waals surface area contributed by atoms with Gasteiger partial charge in [0.25, 0.3) is 5.91 Å². The number of piperidine rings is 1. The molecule has 0 radical (unpaired) electrons. The maximum atomic E-state index is 14.8. The number of nitriles is 1. The van der Waals surface area contributed by atoms with E-state index in [1.807, 2.05) is 9.80 Å². The molecule has 85 heavy (non-hydrogen) atoms. The van der Waals surface area contributed by atoms with E-state index >= 15 is 0 Å². The standard InChI is InChI=1S/C59H76F2N14O9S/c1-37(64-2)56(78)69-52(59(80)74-19-5-7-48(74)57-68-46(36-85-57)53(77)39-8-10-40(60)11-9-39)38-14-20-72(21-15-38)23-25-82-27-29-84-31-30-83-28-26-81-24-16-50(76)65-17-22-75-49-35-71(3)58(79)42-13-12-41(61)32-43(42)47-6-4-18-73(47)55-54(63)66-34-45(67-55)51(49)44(33-62)70-75/h8-13,32,34,37-38,46-48,52,64H,4-7,14-31,35-36H2,1-3H3,(H2,63,66)(H,65,76)(H,69,78)/t37-,46?,47-,48-,52-/m1/s1. The number of hydrogen-bond acceptors (Lipinski definition) is 19. The van der Waals surface area contributed by atoms with Crippen LogP contribution in [0.3, 0.4) is 0 Å². The highest BCUT2D eigenvalue weighted by molar-refractivity contribution is 8.14. The van der Waals surface area contributed by atoms with Crippen molar-refractivity contribution >= 4 is 57.9 Å². The van der Waals surface area contributed by atoms with Crippen molar-refractivity contribution in [1.82, 2.24) is 50.4 Å². The summed E-state index contributed by atoms with van der Waals surface area (Å²) in [5.41, 5.74) is 9.01. The molecule has 4 amide bonds. The number of amides is 4. The van der Waals surface area contributed by atoms with E-state index in [4.69, 9.17) is 34.7 Å². The summed E-state index contributed by atoms with van der Waals surface area (Å²) in [6.07, 6.45) is 5.94. The highest BCUT2D eigenvalue weighted by Crippen LogP contribution is 2.41. The molecule has 3 fully saturated rings. The van der Waals surface area contributed by atoms with E-state index in [9.17, 15) is 38.0 Å². The minimum absolute atomic E-state index is 0.0239. The second-order valence-electron chi connectivity index (χ2n) is 21.8. The normalized spacial score (nSPS) is 19.7. The van der Waals surface area contributed by atoms with Crippen molar-refractivity contribution < 1.29 is 51.7 Å². The number of Topliss-reactive ketones (excluding diaryl/α,β-unsaturated/α-hetero) is 1. The summed E-state index contributed by atoms with van der Waals surface area (Å²) in [5.74, 6) is -1.06. The van der Waals surface area contributed by atoms with Gasteiger partial charge < -0.3 is 60.2 Å². The van der Waals surface area contributed by atoms with Gasteiger partial charge >= 0.3 is 0 Å². The fourth-order valence-corrected chi connectivity index (χ4v) is 12.7. The number of aromatic nitrogens is 4. The van der Waals surface area contributed by atoms with Crippen LogP contribution in [-0.4, -0.2) is 205 Å². The van der Waals surface area contributed by atoms with E-state index in [0.717, 1.165) is 50.2 Å². The molecule has 0 aliphatic carbocycles. The van der Waals surface area contributed by atoms with E-state index in [0.29, 0.717) is 111 Å². The number of likely N-dealkylation sites (tertiary alicyclic amines) is 2. The van der Waals surface area contributed by atoms with Crippen molar-refractivity contribution in [2.24, 2.45) is 10.9 Å². The molecular weight excluding hydrogens is 1120 g/mol. The van der Waals surface area contributed by atoms with Crippen molar-refractivity contribution in [3.05, 3.63) is 88.4 Å². The Kier molecular flexibility index (Phi) is 22.0. The highest BCUT2D eigenvalue weighted by atomic mass is 32.2. The van der Waals surface area contributed by atoms with E-state index in [1.54, 1.807) is 25.7 Å². The van der Waals surface area contributed by atoms with Crippen molar-refractivity contribution in [2.75, 3.05) is 123 Å². The molecule has 2 aromatic carbocycles. The number of rotatable bonds is 26. The van der Waals surface area contributed by atoms with Crippen LogP contribution in [0, 0.1) is 28.9 Å². The Bertz CT molecular complexity index is 3080. The summed E-state index contributed by atoms with van der Waals surface area (Å²) < 4.78 is 52.7. The Morgan fingerprint density at radius 2 is 1.55 bits per heavy atom. The number of carbonyl (C=O) groups is 5. The van der Waals surface area contributed by atoms with Crippen LogP contribution in [0.15, 0.2) is 53.7 Å². The second-order valence-corrected chi connectivity index (χ2v) is 22.8. The summed E-state index contributed by atoms with van der Waals surface area (Å²) >= 11 is 1.49. The average Bonchev–Trinajstić information content (AvgIpc) is 3.53. The number of fused-ring (bicyclic) bond motifs is 8. The first-order valence-corrected chi connectivity index (χ1v) is 30.2. The van der Waals surface area contributed by atoms with Gasteiger partial charge in [-0.1, -0.05) is 0 Å². The van der Waals surface area contributed by atoms with Gasteiger partial charge in [0.2, 0.25) is 17.7 Å². The van der Waals surface area contributed by atoms with E-state index in [-0.39, 0.29) is 98.2 Å². The lowest BCUT2D eigenvalue weighted by Gasteiger charge is -2.38. The van der Waals surface area contributed by atoms with Crippen LogP contribution in [0.2, 0.25) is 0 Å². The number of halogens is 2. The zero-order valence-electron chi connectivity index (χ0n) is 48.4. The molecule has 23 nitrogen and oxygen atoms in total. The van der Waals surface area contributed by atoms with Crippen LogP contribution in [-0.2, 0) is 46.4 Å². The Morgan fingerprint density at radius 3 is 2.27 bits per heavy atom. The maximum Gasteiger partial charge on any atom is 0.254 e. The Balaban J connectivity index is 0.639. The second kappa shape index (κ2) is 29.9. The number of ketones is 1. The molecule has 5 aliphatic rings. The number of nitrogens with two attached hydrogens (primary N) is 1. The fourth-order valence-electron chi connectivity index (χ4n) is 11.6. The van der Waals surface area contributed by atoms with Gasteiger partial charge in [0.05, 0.1) is 112 Å². The first-order valence-electron chi connectivity index (χ1n) is 29.3. The van der Waals surface area contributed by atoms with E-state index < -0.39 is 29.8 Å². The summed E-state index contributed by atoms with van der Waals surface area (Å²) in [6, 6.07) is 9.37. The molecule has 5 atom stereocenters. The molecule has 26 heteroatoms. The van der Waals surface area contributed by atoms with Gasteiger partial charge in [-0.2, -0.15) is 10.4 Å². The highest BCUT2D eigenvalue weighted by Gasteiger charge is 2.43. The number of benzene rings is 2. The van der Waals surface area contributed by atoms with Crippen LogP contribution in [0.4, 0.5) is 20.4 Å². The quantitative estimate of drug-likeness (QED) is 0.0515. The third-order valence-corrected chi connectivity index (χ3v) is 17.4. The molecule has 9 rings (SSSR count). The molecule has 2 bridgehead atoms. The topological polar surface area (TPSA) is 277 Å². The number of aliphatic imine (C=N–C) groups is 1. The van der Waals surface area contributed by atoms with Gasteiger partial charge in [0.15, 0.2) is 23.1 Å². The number of hydrogen-bond donors (Lipinski definition) is 4. The summed E-state index contributed by atoms with van der Waals surface area (Å²) in [6.45, 7) is 8.25. The van der Waals surface area contributed by atoms with Crippen LogP contribution in [0.1, 0.15) is 95.6 Å². The van der Waals surface area contributed by atoms with E-state index in [2.05, 4.69) is 37.0 Å². The molecule has 5 N–H and O–H groups in total. The SMILES string of the molecule is CN[C@H](C)C(=O)N[C@@H](C(=O)N1CCC[C@@H]1C1=NC(C(=O)c2ccc(F)cc2)CS1)C1CCN(CCOCCOCCOCCOCCC(=O)NCCn2nc(C#N)c3c2CN(C)C(=O)c2ccc(F)cc2[C@H]2CCCN2c2nc-3cnc2N)CC1. The predicted octanol–water partition coefficient (Wildman–Crippen LogP) is 3.76. The van der Waals surface area contributed by atoms with Gasteiger partial charge in [-0.25, -0.2) is 18.7 Å². The minimum Gasteiger partial charge on any atom is -0.381 e. The van der Waals surface area contributed by atoms with Crippen LogP contribution in [0.5, 0.6) is 0 Å². The smallest absolute Gasteiger partial charge is 0.254 e. The van der Waals surface area contributed by atoms with Crippen molar-refractivity contribution in [3.8, 4) is 17.3 Å². The Hall–Kier alpha value is -6.99. The first-order chi connectivity index (χ1) is 41.2. The number of anilines is 2. The third-order valence-electron chi connectivity index (χ3n) is 16.3. The lowest BCUT2D eigenvalue weighted by molar-refractivity contribution is -0.138. The summed E-state index contributed by atoms with van der Waals surface area (Å²) in [4.78, 5) is 89.6. The molecule has 5 aliphatic heterocycles. The van der Waals surface area contributed by atoms with Crippen LogP contribution in [0.25, 0.3) is 11.3 Å². The van der Waals surface area contributed by atoms with Crippen molar-refractivity contribution in [1.29, 1.82) is 5.26 Å². The van der Waals surface area contributed by atoms with E-state index in [1.165, 1.54) is 65.3 Å². The molecule has 0 spiro atoms. The zero-order valence-corrected chi connectivity index (χ0v) is 49.3. The largest absolute Gasteiger partial charge is 0.381 e. The predicted molar refractivity (Wildman–Crippen MR) is 314 cm³/mol. The Morgan fingerprint density at radius 1 is 0.871 bits per heavy atom. The van der Waals surface area contributed by atoms with Crippen LogP contribution >= 0.6 is 11.8 Å². The summed E-state index contributed by atoms with van der Waals surface area (Å²) in [5, 5.41) is 24.5. The number of likely N-dealkylation sites (N-methyl/N-ethyl adjacent to an activating group) is 1. The number of nitrogens with one attached hydrogen (secondary N) is 3. The van der Waals surface area contributed by atoms with Gasteiger partial charge in [-0.05, 0) is 120 Å². The number of nitrogens with zero attached hydrogens (tertiary/aromatic N) is 10. The molecule has 2 aromatic heterocycles. The minimum atomic E-state index is -0.704. The van der Waals surface area contributed by atoms with Crippen molar-refractivity contribution in [3.63, 3.8) is 0 Å². The van der Waals surface area contributed by atoms with Gasteiger partial charge in [-0.3, -0.25) is 33.6 Å². The monoisotopic (exact) mass is 1190 g/mol. The lowest BCUT2D eigenvalue weighted by atomic mass is 9.88. The number of nitrogen functional groups attached to an aromatic ring is 1. The molecule has 456 valence electrons. The molecule has 0 saturated carbocycles. The first kappa shape index (κ1) is 62.5. The third kappa shape index (κ3) is 15.5. The van der Waals surface area contributed by atoms with Crippen LogP contribution < -0.4 is 26.6 Å². The fraction of sp³-hybridized carbons (Fsp3) is 0.559. The maximum absolute atomic E-state index is 14.8. The molecule has 3 saturated heterocycles. The average molecular weight is 1200 g/mol. The number of thioether (sulfide) groups is 1. The number of carbonyl (C=O) groups excluding carboxylic acids is 5. The zero-order chi connectivity index (χ0) is 60.0. The summed E-state index contributed by atoms with van der Waals surface area (Å²) in [7, 11) is 3.34. The molecule has 1 unspecified atom stereocenters. The van der Waals surface area contributed by atoms with Gasteiger partial charge in [0, 0.05) is 56.5 Å². The van der Waals surface area contributed by atoms with Gasteiger partial charge in [-0.15, -0.1) is 11.8 Å². The molecule has 7 heterocycles.